The zero-order valence-electron chi connectivity index (χ0n) is 13.6. The first kappa shape index (κ1) is 16.7. The third-order valence-electron chi connectivity index (χ3n) is 4.74. The second-order valence-corrected chi connectivity index (χ2v) is 6.43. The summed E-state index contributed by atoms with van der Waals surface area (Å²) in [5, 5.41) is 0. The van der Waals surface area contributed by atoms with E-state index in [1.807, 2.05) is 0 Å². The zero-order valence-corrected chi connectivity index (χ0v) is 13.6. The smallest absolute Gasteiger partial charge is 0.0110 e. The summed E-state index contributed by atoms with van der Waals surface area (Å²) in [4.78, 5) is 5.08. The van der Waals surface area contributed by atoms with Crippen molar-refractivity contribution in [2.75, 3.05) is 39.8 Å². The Labute approximate surface area is 120 Å². The van der Waals surface area contributed by atoms with Crippen LogP contribution in [0, 0.1) is 11.8 Å². The maximum absolute atomic E-state index is 4.13. The molecule has 2 nitrogen and oxygen atoms in total. The maximum Gasteiger partial charge on any atom is 0.0110 e. The van der Waals surface area contributed by atoms with Crippen LogP contribution in [0.4, 0.5) is 0 Å². The molecule has 1 saturated heterocycles. The molecule has 0 unspecified atom stereocenters. The first-order valence-corrected chi connectivity index (χ1v) is 8.12. The van der Waals surface area contributed by atoms with Crippen LogP contribution < -0.4 is 0 Å². The predicted molar refractivity (Wildman–Crippen MR) is 85.5 cm³/mol. The normalized spacial score (nSPS) is 19.8. The molecule has 0 spiro atoms. The minimum absolute atomic E-state index is 0.840. The highest BCUT2D eigenvalue weighted by Crippen LogP contribution is 2.28. The van der Waals surface area contributed by atoms with Crippen molar-refractivity contribution >= 4 is 0 Å². The average Bonchev–Trinajstić information content (AvgIpc) is 2.38. The van der Waals surface area contributed by atoms with E-state index in [1.54, 1.807) is 0 Å². The van der Waals surface area contributed by atoms with Gasteiger partial charge >= 0.3 is 0 Å². The summed E-state index contributed by atoms with van der Waals surface area (Å²) in [5.41, 5.74) is 1.36. The molecule has 19 heavy (non-hydrogen) atoms. The fraction of sp³-hybridized carbons (Fsp3) is 0.882. The average molecular weight is 266 g/mol. The molecule has 0 aromatic carbocycles. The van der Waals surface area contributed by atoms with Crippen LogP contribution in [0.25, 0.3) is 0 Å². The maximum atomic E-state index is 4.13. The van der Waals surface area contributed by atoms with E-state index in [4.69, 9.17) is 0 Å². The molecule has 0 aromatic rings. The summed E-state index contributed by atoms with van der Waals surface area (Å²) in [6.07, 6.45) is 5.21. The minimum atomic E-state index is 0.840. The largest absolute Gasteiger partial charge is 0.304 e. The third-order valence-corrected chi connectivity index (χ3v) is 4.74. The SMILES string of the molecule is C=C(C)C[C@H](CCN1CCN(C)CC1)C(CC)CC. The van der Waals surface area contributed by atoms with Gasteiger partial charge < -0.3 is 9.80 Å². The second kappa shape index (κ2) is 8.76. The van der Waals surface area contributed by atoms with Crippen molar-refractivity contribution < 1.29 is 0 Å². The summed E-state index contributed by atoms with van der Waals surface area (Å²) in [7, 11) is 2.23. The molecular formula is C17H34N2. The van der Waals surface area contributed by atoms with Gasteiger partial charge in [-0.3, -0.25) is 0 Å². The quantitative estimate of drug-likeness (QED) is 0.619. The van der Waals surface area contributed by atoms with Gasteiger partial charge in [0.05, 0.1) is 0 Å². The number of hydrogen-bond donors (Lipinski definition) is 0. The van der Waals surface area contributed by atoms with E-state index in [0.29, 0.717) is 0 Å². The Morgan fingerprint density at radius 2 is 1.63 bits per heavy atom. The van der Waals surface area contributed by atoms with Gasteiger partial charge in [-0.05, 0) is 45.2 Å². The van der Waals surface area contributed by atoms with Crippen LogP contribution in [0.1, 0.15) is 46.5 Å². The Morgan fingerprint density at radius 1 is 1.05 bits per heavy atom. The molecule has 0 bridgehead atoms. The van der Waals surface area contributed by atoms with Gasteiger partial charge in [0, 0.05) is 26.2 Å². The molecule has 1 aliphatic heterocycles. The van der Waals surface area contributed by atoms with Gasteiger partial charge in [0.25, 0.3) is 0 Å². The topological polar surface area (TPSA) is 6.48 Å². The molecule has 0 saturated carbocycles. The lowest BCUT2D eigenvalue weighted by molar-refractivity contribution is 0.138. The molecule has 0 aliphatic carbocycles. The highest BCUT2D eigenvalue weighted by Gasteiger charge is 2.21. The Kier molecular flexibility index (Phi) is 7.70. The molecule has 0 amide bonds. The Morgan fingerprint density at radius 3 is 2.11 bits per heavy atom. The number of allylic oxidation sites excluding steroid dienone is 1. The molecule has 1 heterocycles. The lowest BCUT2D eigenvalue weighted by Crippen LogP contribution is -2.45. The highest BCUT2D eigenvalue weighted by molar-refractivity contribution is 4.92. The number of likely N-dealkylation sites (N-methyl/N-ethyl adjacent to an activating group) is 1. The van der Waals surface area contributed by atoms with Crippen LogP contribution in [0.15, 0.2) is 12.2 Å². The molecule has 1 fully saturated rings. The van der Waals surface area contributed by atoms with Crippen LogP contribution in [0.2, 0.25) is 0 Å². The number of nitrogens with zero attached hydrogens (tertiary/aromatic N) is 2. The third kappa shape index (κ3) is 6.09. The molecule has 1 rings (SSSR count). The van der Waals surface area contributed by atoms with Crippen molar-refractivity contribution in [1.29, 1.82) is 0 Å². The van der Waals surface area contributed by atoms with Gasteiger partial charge in [0.1, 0.15) is 0 Å². The first-order chi connectivity index (χ1) is 9.06. The molecule has 1 atom stereocenters. The van der Waals surface area contributed by atoms with Crippen molar-refractivity contribution in [1.82, 2.24) is 9.80 Å². The van der Waals surface area contributed by atoms with Crippen LogP contribution in [0.3, 0.4) is 0 Å². The molecule has 0 N–H and O–H groups in total. The molecule has 0 aromatic heterocycles. The van der Waals surface area contributed by atoms with Gasteiger partial charge in [-0.2, -0.15) is 0 Å². The van der Waals surface area contributed by atoms with Gasteiger partial charge in [-0.15, -0.1) is 6.58 Å². The van der Waals surface area contributed by atoms with Crippen molar-refractivity contribution in [3.63, 3.8) is 0 Å². The summed E-state index contributed by atoms with van der Waals surface area (Å²) < 4.78 is 0. The van der Waals surface area contributed by atoms with E-state index in [9.17, 15) is 0 Å². The predicted octanol–water partition coefficient (Wildman–Crippen LogP) is 3.64. The highest BCUT2D eigenvalue weighted by atomic mass is 15.2. The zero-order chi connectivity index (χ0) is 14.3. The lowest BCUT2D eigenvalue weighted by atomic mass is 9.81. The van der Waals surface area contributed by atoms with Crippen molar-refractivity contribution in [2.45, 2.75) is 46.5 Å². The number of rotatable bonds is 8. The monoisotopic (exact) mass is 266 g/mol. The Hall–Kier alpha value is -0.340. The second-order valence-electron chi connectivity index (χ2n) is 6.43. The van der Waals surface area contributed by atoms with Crippen LogP contribution in [-0.4, -0.2) is 49.6 Å². The van der Waals surface area contributed by atoms with Crippen molar-refractivity contribution in [3.05, 3.63) is 12.2 Å². The summed E-state index contributed by atoms with van der Waals surface area (Å²) in [6.45, 7) is 17.2. The van der Waals surface area contributed by atoms with E-state index >= 15 is 0 Å². The molecule has 2 heteroatoms. The van der Waals surface area contributed by atoms with Crippen LogP contribution in [0.5, 0.6) is 0 Å². The van der Waals surface area contributed by atoms with Crippen molar-refractivity contribution in [3.8, 4) is 0 Å². The van der Waals surface area contributed by atoms with Crippen LogP contribution in [-0.2, 0) is 0 Å². The summed E-state index contributed by atoms with van der Waals surface area (Å²) >= 11 is 0. The summed E-state index contributed by atoms with van der Waals surface area (Å²) in [6, 6.07) is 0. The van der Waals surface area contributed by atoms with Gasteiger partial charge in [0.2, 0.25) is 0 Å². The van der Waals surface area contributed by atoms with E-state index in [0.717, 1.165) is 11.8 Å². The molecule has 1 aliphatic rings. The van der Waals surface area contributed by atoms with E-state index in [1.165, 1.54) is 64.0 Å². The molecular weight excluding hydrogens is 232 g/mol. The standard InChI is InChI=1S/C17H34N2/c1-6-16(7-2)17(14-15(3)4)8-9-19-12-10-18(5)11-13-19/h16-17H,3,6-14H2,1-2,4-5H3/t17-/m0/s1. The first-order valence-electron chi connectivity index (χ1n) is 8.12. The molecule has 112 valence electrons. The van der Waals surface area contributed by atoms with E-state index in [2.05, 4.69) is 44.2 Å². The summed E-state index contributed by atoms with van der Waals surface area (Å²) in [5.74, 6) is 1.72. The Bertz CT molecular complexity index is 250. The van der Waals surface area contributed by atoms with Gasteiger partial charge in [-0.25, -0.2) is 0 Å². The minimum Gasteiger partial charge on any atom is -0.304 e. The van der Waals surface area contributed by atoms with Gasteiger partial charge in [-0.1, -0.05) is 32.3 Å². The van der Waals surface area contributed by atoms with E-state index in [-0.39, 0.29) is 0 Å². The fourth-order valence-electron chi connectivity index (χ4n) is 3.33. The lowest BCUT2D eigenvalue weighted by Gasteiger charge is -2.34. The fourth-order valence-corrected chi connectivity index (χ4v) is 3.33. The van der Waals surface area contributed by atoms with E-state index < -0.39 is 0 Å². The number of hydrogen-bond acceptors (Lipinski definition) is 2. The Balaban J connectivity index is 2.41. The van der Waals surface area contributed by atoms with Crippen molar-refractivity contribution in [2.24, 2.45) is 11.8 Å². The molecule has 0 radical (unpaired) electrons. The number of piperazine rings is 1. The van der Waals surface area contributed by atoms with Gasteiger partial charge in [0.15, 0.2) is 0 Å². The van der Waals surface area contributed by atoms with Crippen LogP contribution >= 0.6 is 0 Å².